The van der Waals surface area contributed by atoms with E-state index in [1.807, 2.05) is 26.8 Å². The molecule has 0 fully saturated rings. The van der Waals surface area contributed by atoms with Crippen LogP contribution in [0.4, 0.5) is 5.69 Å². The van der Waals surface area contributed by atoms with Crippen molar-refractivity contribution in [3.8, 4) is 5.75 Å². The highest BCUT2D eigenvalue weighted by atomic mass is 79.9. The van der Waals surface area contributed by atoms with E-state index in [0.29, 0.717) is 11.4 Å². The maximum Gasteiger partial charge on any atom is 0.261 e. The Hall–Kier alpha value is -1.53. The van der Waals surface area contributed by atoms with Gasteiger partial charge in [-0.15, -0.1) is 0 Å². The zero-order valence-electron chi connectivity index (χ0n) is 12.6. The van der Waals surface area contributed by atoms with Gasteiger partial charge in [-0.05, 0) is 62.7 Å². The van der Waals surface area contributed by atoms with Gasteiger partial charge in [0.25, 0.3) is 10.0 Å². The summed E-state index contributed by atoms with van der Waals surface area (Å²) in [7, 11) is -3.61. The van der Waals surface area contributed by atoms with Gasteiger partial charge >= 0.3 is 0 Å². The lowest BCUT2D eigenvalue weighted by Gasteiger charge is -2.12. The molecule has 0 bridgehead atoms. The predicted molar refractivity (Wildman–Crippen MR) is 91.9 cm³/mol. The van der Waals surface area contributed by atoms with Gasteiger partial charge < -0.3 is 4.74 Å². The van der Waals surface area contributed by atoms with Crippen LogP contribution in [-0.2, 0) is 10.0 Å². The molecule has 2 rings (SSSR count). The minimum Gasteiger partial charge on any atom is -0.491 e. The number of anilines is 1. The maximum atomic E-state index is 12.4. The molecule has 0 aliphatic heterocycles. The number of benzene rings is 2. The van der Waals surface area contributed by atoms with Gasteiger partial charge in [0.1, 0.15) is 5.75 Å². The van der Waals surface area contributed by atoms with Crippen molar-refractivity contribution in [2.24, 2.45) is 0 Å². The van der Waals surface area contributed by atoms with Crippen LogP contribution in [0.1, 0.15) is 19.4 Å². The first-order chi connectivity index (χ1) is 10.3. The van der Waals surface area contributed by atoms with Gasteiger partial charge in [-0.1, -0.05) is 22.0 Å². The SMILES string of the molecule is Cc1ccc(NS(=O)(=O)c2ccc(OC(C)C)cc2)cc1Br. The molecule has 22 heavy (non-hydrogen) atoms. The topological polar surface area (TPSA) is 55.4 Å². The third kappa shape index (κ3) is 4.24. The lowest BCUT2D eigenvalue weighted by Crippen LogP contribution is -2.13. The van der Waals surface area contributed by atoms with Gasteiger partial charge in [-0.2, -0.15) is 0 Å². The third-order valence-electron chi connectivity index (χ3n) is 2.93. The smallest absolute Gasteiger partial charge is 0.261 e. The first-order valence-corrected chi connectivity index (χ1v) is 9.11. The van der Waals surface area contributed by atoms with Crippen LogP contribution in [-0.4, -0.2) is 14.5 Å². The maximum absolute atomic E-state index is 12.4. The second-order valence-corrected chi connectivity index (χ2v) is 7.74. The summed E-state index contributed by atoms with van der Waals surface area (Å²) >= 11 is 3.39. The van der Waals surface area contributed by atoms with Crippen molar-refractivity contribution in [1.29, 1.82) is 0 Å². The highest BCUT2D eigenvalue weighted by molar-refractivity contribution is 9.10. The molecule has 0 aliphatic rings. The van der Waals surface area contributed by atoms with Crippen LogP contribution in [0.5, 0.6) is 5.75 Å². The average Bonchev–Trinajstić information content (AvgIpc) is 2.42. The van der Waals surface area contributed by atoms with Crippen LogP contribution in [0.3, 0.4) is 0 Å². The first-order valence-electron chi connectivity index (χ1n) is 6.83. The number of halogens is 1. The van der Waals surface area contributed by atoms with Crippen LogP contribution in [0.2, 0.25) is 0 Å². The number of hydrogen-bond acceptors (Lipinski definition) is 3. The summed E-state index contributed by atoms with van der Waals surface area (Å²) in [5.41, 5.74) is 1.55. The Morgan fingerprint density at radius 1 is 1.09 bits per heavy atom. The van der Waals surface area contributed by atoms with E-state index < -0.39 is 10.0 Å². The van der Waals surface area contributed by atoms with Crippen LogP contribution in [0.25, 0.3) is 0 Å². The molecule has 1 N–H and O–H groups in total. The summed E-state index contributed by atoms with van der Waals surface area (Å²) in [6.07, 6.45) is 0.0468. The largest absolute Gasteiger partial charge is 0.491 e. The Bertz CT molecular complexity index is 755. The van der Waals surface area contributed by atoms with E-state index in [1.54, 1.807) is 24.3 Å². The van der Waals surface area contributed by atoms with E-state index in [-0.39, 0.29) is 11.0 Å². The van der Waals surface area contributed by atoms with Gasteiger partial charge in [0.15, 0.2) is 0 Å². The number of aryl methyl sites for hydroxylation is 1. The van der Waals surface area contributed by atoms with E-state index in [1.165, 1.54) is 12.1 Å². The molecule has 0 atom stereocenters. The number of hydrogen-bond donors (Lipinski definition) is 1. The molecule has 2 aromatic carbocycles. The number of rotatable bonds is 5. The predicted octanol–water partition coefficient (Wildman–Crippen LogP) is 4.35. The van der Waals surface area contributed by atoms with Crippen LogP contribution in [0.15, 0.2) is 51.8 Å². The van der Waals surface area contributed by atoms with E-state index in [9.17, 15) is 8.42 Å². The minimum atomic E-state index is -3.61. The van der Waals surface area contributed by atoms with Crippen molar-refractivity contribution in [3.05, 3.63) is 52.5 Å². The zero-order chi connectivity index (χ0) is 16.3. The Morgan fingerprint density at radius 2 is 1.73 bits per heavy atom. The Morgan fingerprint density at radius 3 is 2.27 bits per heavy atom. The van der Waals surface area contributed by atoms with Crippen molar-refractivity contribution >= 4 is 31.6 Å². The Kier molecular flexibility index (Phi) is 5.13. The quantitative estimate of drug-likeness (QED) is 0.834. The second kappa shape index (κ2) is 6.71. The van der Waals surface area contributed by atoms with Crippen molar-refractivity contribution in [3.63, 3.8) is 0 Å². The molecule has 4 nitrogen and oxygen atoms in total. The fourth-order valence-corrected chi connectivity index (χ4v) is 3.27. The summed E-state index contributed by atoms with van der Waals surface area (Å²) in [5.74, 6) is 0.645. The number of nitrogens with one attached hydrogen (secondary N) is 1. The van der Waals surface area contributed by atoms with Crippen LogP contribution >= 0.6 is 15.9 Å². The molecule has 2 aromatic rings. The Labute approximate surface area is 139 Å². The summed E-state index contributed by atoms with van der Waals surface area (Å²) in [4.78, 5) is 0.195. The summed E-state index contributed by atoms with van der Waals surface area (Å²) < 4.78 is 33.7. The Balaban J connectivity index is 2.20. The van der Waals surface area contributed by atoms with Crippen molar-refractivity contribution in [1.82, 2.24) is 0 Å². The highest BCUT2D eigenvalue weighted by Gasteiger charge is 2.14. The molecule has 0 aromatic heterocycles. The summed E-state index contributed by atoms with van der Waals surface area (Å²) in [6, 6.07) is 11.7. The molecular formula is C16H18BrNO3S. The van der Waals surface area contributed by atoms with Gasteiger partial charge in [-0.3, -0.25) is 4.72 Å². The highest BCUT2D eigenvalue weighted by Crippen LogP contribution is 2.24. The molecule has 6 heteroatoms. The molecule has 0 saturated carbocycles. The molecule has 118 valence electrons. The normalized spacial score (nSPS) is 11.5. The van der Waals surface area contributed by atoms with Crippen molar-refractivity contribution < 1.29 is 13.2 Å². The number of ether oxygens (including phenoxy) is 1. The third-order valence-corrected chi connectivity index (χ3v) is 5.18. The van der Waals surface area contributed by atoms with Gasteiger partial charge in [0.05, 0.1) is 11.0 Å². The van der Waals surface area contributed by atoms with Crippen LogP contribution in [0, 0.1) is 6.92 Å². The van der Waals surface area contributed by atoms with Crippen molar-refractivity contribution in [2.45, 2.75) is 31.8 Å². The van der Waals surface area contributed by atoms with Gasteiger partial charge in [0, 0.05) is 10.2 Å². The molecule has 0 saturated heterocycles. The van der Waals surface area contributed by atoms with E-state index in [4.69, 9.17) is 4.74 Å². The molecular weight excluding hydrogens is 366 g/mol. The van der Waals surface area contributed by atoms with E-state index in [0.717, 1.165) is 10.0 Å². The fraction of sp³-hybridized carbons (Fsp3) is 0.250. The first kappa shape index (κ1) is 16.8. The van der Waals surface area contributed by atoms with E-state index in [2.05, 4.69) is 20.7 Å². The lowest BCUT2D eigenvalue weighted by atomic mass is 10.2. The monoisotopic (exact) mass is 383 g/mol. The summed E-state index contributed by atoms with van der Waals surface area (Å²) in [5, 5.41) is 0. The molecule has 0 aliphatic carbocycles. The zero-order valence-corrected chi connectivity index (χ0v) is 15.0. The molecule has 0 radical (unpaired) electrons. The van der Waals surface area contributed by atoms with Gasteiger partial charge in [-0.25, -0.2) is 8.42 Å². The molecule has 0 amide bonds. The van der Waals surface area contributed by atoms with Crippen LogP contribution < -0.4 is 9.46 Å². The second-order valence-electron chi connectivity index (χ2n) is 5.21. The summed E-state index contributed by atoms with van der Waals surface area (Å²) in [6.45, 7) is 5.78. The minimum absolute atomic E-state index is 0.0468. The van der Waals surface area contributed by atoms with Gasteiger partial charge in [0.2, 0.25) is 0 Å². The fourth-order valence-electron chi connectivity index (χ4n) is 1.84. The standard InChI is InChI=1S/C16H18BrNO3S/c1-11(2)21-14-6-8-15(9-7-14)22(19,20)18-13-5-4-12(3)16(17)10-13/h4-11,18H,1-3H3. The average molecular weight is 384 g/mol. The van der Waals surface area contributed by atoms with E-state index >= 15 is 0 Å². The van der Waals surface area contributed by atoms with Crippen molar-refractivity contribution in [2.75, 3.05) is 4.72 Å². The lowest BCUT2D eigenvalue weighted by molar-refractivity contribution is 0.242. The molecule has 0 unspecified atom stereocenters. The molecule has 0 spiro atoms. The number of sulfonamides is 1. The molecule has 0 heterocycles.